The van der Waals surface area contributed by atoms with Crippen molar-refractivity contribution in [1.29, 1.82) is 5.26 Å². The first-order chi connectivity index (χ1) is 15.7. The molecule has 0 aromatic heterocycles. The van der Waals surface area contributed by atoms with E-state index in [1.54, 1.807) is 0 Å². The first kappa shape index (κ1) is 23.7. The van der Waals surface area contributed by atoms with Gasteiger partial charge >= 0.3 is 0 Å². The summed E-state index contributed by atoms with van der Waals surface area (Å²) in [4.78, 5) is 0. The lowest BCUT2D eigenvalue weighted by Gasteiger charge is -2.08. The third-order valence-corrected chi connectivity index (χ3v) is 4.60. The van der Waals surface area contributed by atoms with Gasteiger partial charge in [0, 0.05) is 17.7 Å². The fourth-order valence-corrected chi connectivity index (χ4v) is 2.97. The van der Waals surface area contributed by atoms with E-state index in [0.29, 0.717) is 25.2 Å². The van der Waals surface area contributed by atoms with E-state index in [-0.39, 0.29) is 11.3 Å². The van der Waals surface area contributed by atoms with Crippen LogP contribution in [0.2, 0.25) is 0 Å². The van der Waals surface area contributed by atoms with E-state index < -0.39 is 57.2 Å². The minimum Gasteiger partial charge on any atom is -0.493 e. The van der Waals surface area contributed by atoms with Crippen LogP contribution in [0.5, 0.6) is 5.75 Å². The van der Waals surface area contributed by atoms with E-state index in [4.69, 9.17) is 10.00 Å². The molecule has 0 aliphatic carbocycles. The van der Waals surface area contributed by atoms with Gasteiger partial charge in [-0.2, -0.15) is 5.26 Å². The fraction of sp³-hybridized carbons (Fsp3) is 0.160. The number of nitrogens with zero attached hydrogens (tertiary/aromatic N) is 1. The zero-order valence-corrected chi connectivity index (χ0v) is 17.2. The van der Waals surface area contributed by atoms with Crippen LogP contribution in [0.15, 0.2) is 36.4 Å². The van der Waals surface area contributed by atoms with Crippen molar-refractivity contribution in [3.05, 3.63) is 88.0 Å². The summed E-state index contributed by atoms with van der Waals surface area (Å²) in [6.07, 6.45) is 1.55. The van der Waals surface area contributed by atoms with Gasteiger partial charge in [-0.05, 0) is 36.2 Å². The van der Waals surface area contributed by atoms with Gasteiger partial charge in [-0.1, -0.05) is 25.2 Å². The maximum atomic E-state index is 14.5. The van der Waals surface area contributed by atoms with Crippen LogP contribution in [-0.4, -0.2) is 6.61 Å². The average molecular weight is 459 g/mol. The van der Waals surface area contributed by atoms with Crippen molar-refractivity contribution in [3.8, 4) is 34.8 Å². The number of rotatable bonds is 5. The van der Waals surface area contributed by atoms with Crippen molar-refractivity contribution in [1.82, 2.24) is 0 Å². The minimum absolute atomic E-state index is 0.00711. The molecule has 0 atom stereocenters. The van der Waals surface area contributed by atoms with E-state index >= 15 is 0 Å². The monoisotopic (exact) mass is 459 g/mol. The highest BCUT2D eigenvalue weighted by molar-refractivity contribution is 5.67. The Kier molecular flexibility index (Phi) is 7.30. The Morgan fingerprint density at radius 3 is 1.79 bits per heavy atom. The molecule has 0 aliphatic heterocycles. The van der Waals surface area contributed by atoms with Crippen molar-refractivity contribution in [2.24, 2.45) is 0 Å². The SMILES string of the molecule is CCCCOc1cc(F)c(C#Cc2cc(F)c(-c3cc(F)c(C#N)c(F)c3)c(F)c2)c(F)c1. The van der Waals surface area contributed by atoms with Gasteiger partial charge < -0.3 is 4.74 Å². The molecule has 0 fully saturated rings. The summed E-state index contributed by atoms with van der Waals surface area (Å²) in [7, 11) is 0. The molecule has 0 saturated carbocycles. The van der Waals surface area contributed by atoms with Crippen LogP contribution in [-0.2, 0) is 0 Å². The quantitative estimate of drug-likeness (QED) is 0.244. The number of hydrogen-bond acceptors (Lipinski definition) is 2. The average Bonchev–Trinajstić information content (AvgIpc) is 2.73. The standard InChI is InChI=1S/C25H15F6NO/c1-2-3-6-33-16-11-21(28)17(22(29)12-16)5-4-14-7-23(30)25(24(31)8-14)15-9-19(26)18(13-32)20(27)10-15/h7-12H,2-3,6H2,1H3. The van der Waals surface area contributed by atoms with E-state index in [0.717, 1.165) is 30.7 Å². The van der Waals surface area contributed by atoms with E-state index in [9.17, 15) is 26.3 Å². The normalized spacial score (nSPS) is 10.4. The molecule has 3 aromatic rings. The first-order valence-corrected chi connectivity index (χ1v) is 9.77. The Morgan fingerprint density at radius 2 is 1.27 bits per heavy atom. The van der Waals surface area contributed by atoms with Gasteiger partial charge in [0.05, 0.1) is 17.7 Å². The second-order valence-corrected chi connectivity index (χ2v) is 6.96. The van der Waals surface area contributed by atoms with Crippen LogP contribution >= 0.6 is 0 Å². The van der Waals surface area contributed by atoms with E-state index in [1.807, 2.05) is 6.92 Å². The Labute approximate surface area is 186 Å². The van der Waals surface area contributed by atoms with Crippen molar-refractivity contribution in [2.75, 3.05) is 6.61 Å². The lowest BCUT2D eigenvalue weighted by Crippen LogP contribution is -1.99. The second-order valence-electron chi connectivity index (χ2n) is 6.96. The zero-order valence-electron chi connectivity index (χ0n) is 17.2. The summed E-state index contributed by atoms with van der Waals surface area (Å²) in [6, 6.07) is 6.01. The fourth-order valence-electron chi connectivity index (χ4n) is 2.97. The molecule has 0 saturated heterocycles. The Bertz CT molecular complexity index is 1250. The largest absolute Gasteiger partial charge is 0.493 e. The number of benzene rings is 3. The number of hydrogen-bond donors (Lipinski definition) is 0. The zero-order chi connectivity index (χ0) is 24.1. The van der Waals surface area contributed by atoms with Gasteiger partial charge in [-0.25, -0.2) is 26.3 Å². The van der Waals surface area contributed by atoms with Crippen LogP contribution < -0.4 is 4.74 Å². The van der Waals surface area contributed by atoms with Crippen LogP contribution in [0, 0.1) is 58.1 Å². The van der Waals surface area contributed by atoms with E-state index in [1.165, 1.54) is 6.07 Å². The molecule has 0 aliphatic rings. The van der Waals surface area contributed by atoms with E-state index in [2.05, 4.69) is 11.8 Å². The molecule has 0 spiro atoms. The smallest absolute Gasteiger partial charge is 0.145 e. The summed E-state index contributed by atoms with van der Waals surface area (Å²) < 4.78 is 90.5. The van der Waals surface area contributed by atoms with Gasteiger partial charge in [0.2, 0.25) is 0 Å². The Hall–Kier alpha value is -3.91. The van der Waals surface area contributed by atoms with Gasteiger partial charge in [0.1, 0.15) is 52.3 Å². The highest BCUT2D eigenvalue weighted by atomic mass is 19.2. The van der Waals surface area contributed by atoms with Crippen LogP contribution in [0.4, 0.5) is 26.3 Å². The summed E-state index contributed by atoms with van der Waals surface area (Å²) in [5.74, 6) is -2.51. The molecule has 0 radical (unpaired) electrons. The predicted molar refractivity (Wildman–Crippen MR) is 109 cm³/mol. The molecule has 0 amide bonds. The van der Waals surface area contributed by atoms with Gasteiger partial charge in [0.15, 0.2) is 0 Å². The van der Waals surface area contributed by atoms with Crippen LogP contribution in [0.25, 0.3) is 11.1 Å². The molecule has 0 N–H and O–H groups in total. The number of ether oxygens (including phenoxy) is 1. The lowest BCUT2D eigenvalue weighted by molar-refractivity contribution is 0.306. The van der Waals surface area contributed by atoms with Crippen molar-refractivity contribution >= 4 is 0 Å². The predicted octanol–water partition coefficient (Wildman–Crippen LogP) is 6.64. The maximum Gasteiger partial charge on any atom is 0.145 e. The van der Waals surface area contributed by atoms with Gasteiger partial charge in [-0.3, -0.25) is 0 Å². The molecule has 0 bridgehead atoms. The summed E-state index contributed by atoms with van der Waals surface area (Å²) in [5.41, 5.74) is -2.96. The van der Waals surface area contributed by atoms with Crippen LogP contribution in [0.1, 0.15) is 36.5 Å². The van der Waals surface area contributed by atoms with Crippen LogP contribution in [0.3, 0.4) is 0 Å². The van der Waals surface area contributed by atoms with Gasteiger partial charge in [0.25, 0.3) is 0 Å². The molecule has 2 nitrogen and oxygen atoms in total. The third kappa shape index (κ3) is 5.30. The third-order valence-electron chi connectivity index (χ3n) is 4.60. The molecular weight excluding hydrogens is 444 g/mol. The minimum atomic E-state index is -1.27. The molecule has 3 aromatic carbocycles. The molecule has 168 valence electrons. The van der Waals surface area contributed by atoms with Gasteiger partial charge in [-0.15, -0.1) is 0 Å². The molecule has 0 heterocycles. The van der Waals surface area contributed by atoms with Crippen molar-refractivity contribution in [2.45, 2.75) is 19.8 Å². The highest BCUT2D eigenvalue weighted by Gasteiger charge is 2.18. The summed E-state index contributed by atoms with van der Waals surface area (Å²) in [5, 5.41) is 8.71. The Morgan fingerprint density at radius 1 is 0.727 bits per heavy atom. The molecular formula is C25H15F6NO. The number of nitriles is 1. The molecule has 33 heavy (non-hydrogen) atoms. The summed E-state index contributed by atoms with van der Waals surface area (Å²) >= 11 is 0. The lowest BCUT2D eigenvalue weighted by atomic mass is 10.00. The maximum absolute atomic E-state index is 14.5. The topological polar surface area (TPSA) is 33.0 Å². The highest BCUT2D eigenvalue weighted by Crippen LogP contribution is 2.30. The molecule has 3 rings (SSSR count). The molecule has 8 heteroatoms. The Balaban J connectivity index is 1.94. The molecule has 0 unspecified atom stereocenters. The number of unbranched alkanes of at least 4 members (excludes halogenated alkanes) is 1. The second kappa shape index (κ2) is 10.1. The first-order valence-electron chi connectivity index (χ1n) is 9.77. The van der Waals surface area contributed by atoms with Crippen molar-refractivity contribution in [3.63, 3.8) is 0 Å². The number of halogens is 6. The van der Waals surface area contributed by atoms with Crippen molar-refractivity contribution < 1.29 is 31.1 Å². The summed E-state index contributed by atoms with van der Waals surface area (Å²) in [6.45, 7) is 2.22.